The molecular formula is C22H28O4. The molecule has 4 heteroatoms. The third-order valence-electron chi connectivity index (χ3n) is 4.45. The highest BCUT2D eigenvalue weighted by Crippen LogP contribution is 2.30. The molecule has 4 nitrogen and oxygen atoms in total. The summed E-state index contributed by atoms with van der Waals surface area (Å²) in [6, 6.07) is 14.2. The van der Waals surface area contributed by atoms with E-state index in [2.05, 4.69) is 18.2 Å². The van der Waals surface area contributed by atoms with E-state index in [9.17, 15) is 9.59 Å². The Hall–Kier alpha value is -2.36. The van der Waals surface area contributed by atoms with Gasteiger partial charge in [-0.15, -0.1) is 0 Å². The zero-order valence-electron chi connectivity index (χ0n) is 15.7. The van der Waals surface area contributed by atoms with Gasteiger partial charge in [0.05, 0.1) is 19.1 Å². The van der Waals surface area contributed by atoms with Crippen molar-refractivity contribution in [1.29, 1.82) is 0 Å². The zero-order valence-corrected chi connectivity index (χ0v) is 15.7. The molecule has 1 atom stereocenters. The summed E-state index contributed by atoms with van der Waals surface area (Å²) >= 11 is 0. The first-order valence-electron chi connectivity index (χ1n) is 9.47. The minimum Gasteiger partial charge on any atom is -0.466 e. The number of carbonyl (C=O) groups excluding carboxylic acids is 2. The molecule has 0 N–H and O–H groups in total. The van der Waals surface area contributed by atoms with Gasteiger partial charge in [-0.1, -0.05) is 55.3 Å². The number of esters is 2. The molecule has 0 aliphatic carbocycles. The SMILES string of the molecule is CCOC(=O)CCCCCC(C(=O)OCC)c1cccc2ccccc12. The molecule has 0 aromatic heterocycles. The monoisotopic (exact) mass is 356 g/mol. The van der Waals surface area contributed by atoms with E-state index >= 15 is 0 Å². The molecule has 0 bridgehead atoms. The molecule has 0 heterocycles. The van der Waals surface area contributed by atoms with Crippen molar-refractivity contribution in [3.63, 3.8) is 0 Å². The molecule has 0 aliphatic heterocycles. The molecule has 0 saturated heterocycles. The maximum Gasteiger partial charge on any atom is 0.313 e. The van der Waals surface area contributed by atoms with Crippen LogP contribution in [0.3, 0.4) is 0 Å². The normalized spacial score (nSPS) is 11.9. The van der Waals surface area contributed by atoms with Gasteiger partial charge in [0.15, 0.2) is 0 Å². The number of benzene rings is 2. The molecule has 0 saturated carbocycles. The van der Waals surface area contributed by atoms with Crippen LogP contribution in [0.4, 0.5) is 0 Å². The van der Waals surface area contributed by atoms with Crippen molar-refractivity contribution in [1.82, 2.24) is 0 Å². The lowest BCUT2D eigenvalue weighted by molar-refractivity contribution is -0.145. The van der Waals surface area contributed by atoms with E-state index in [0.717, 1.165) is 42.0 Å². The summed E-state index contributed by atoms with van der Waals surface area (Å²) in [6.45, 7) is 4.44. The van der Waals surface area contributed by atoms with Crippen molar-refractivity contribution in [3.05, 3.63) is 48.0 Å². The van der Waals surface area contributed by atoms with Crippen LogP contribution in [0, 0.1) is 0 Å². The van der Waals surface area contributed by atoms with Crippen LogP contribution in [0.2, 0.25) is 0 Å². The molecular weight excluding hydrogens is 328 g/mol. The van der Waals surface area contributed by atoms with Crippen LogP contribution < -0.4 is 0 Å². The summed E-state index contributed by atoms with van der Waals surface area (Å²) < 4.78 is 10.3. The van der Waals surface area contributed by atoms with Crippen molar-refractivity contribution in [2.75, 3.05) is 13.2 Å². The van der Waals surface area contributed by atoms with E-state index in [4.69, 9.17) is 9.47 Å². The average Bonchev–Trinajstić information content (AvgIpc) is 2.65. The van der Waals surface area contributed by atoms with E-state index < -0.39 is 0 Å². The Bertz CT molecular complexity index is 718. The van der Waals surface area contributed by atoms with E-state index in [0.29, 0.717) is 19.6 Å². The lowest BCUT2D eigenvalue weighted by Gasteiger charge is -2.18. The van der Waals surface area contributed by atoms with Gasteiger partial charge in [0.25, 0.3) is 0 Å². The van der Waals surface area contributed by atoms with Crippen LogP contribution in [-0.2, 0) is 19.1 Å². The van der Waals surface area contributed by atoms with Crippen LogP contribution in [0.1, 0.15) is 57.4 Å². The Morgan fingerprint density at radius 2 is 1.62 bits per heavy atom. The van der Waals surface area contributed by atoms with Crippen LogP contribution in [0.15, 0.2) is 42.5 Å². The third kappa shape index (κ3) is 5.58. The standard InChI is InChI=1S/C22H28O4/c1-3-25-21(23)16-7-5-6-14-20(22(24)26-4-2)19-15-10-12-17-11-8-9-13-18(17)19/h8-13,15,20H,3-7,14,16H2,1-2H3. The quantitative estimate of drug-likeness (QED) is 0.444. The highest BCUT2D eigenvalue weighted by atomic mass is 16.5. The predicted octanol–water partition coefficient (Wildman–Crippen LogP) is 5.00. The molecule has 0 fully saturated rings. The van der Waals surface area contributed by atoms with Crippen LogP contribution in [-0.4, -0.2) is 25.2 Å². The van der Waals surface area contributed by atoms with Crippen LogP contribution >= 0.6 is 0 Å². The number of hydrogen-bond donors (Lipinski definition) is 0. The Kier molecular flexibility index (Phi) is 8.13. The van der Waals surface area contributed by atoms with Crippen molar-refractivity contribution in [2.24, 2.45) is 0 Å². The molecule has 2 rings (SSSR count). The topological polar surface area (TPSA) is 52.6 Å². The van der Waals surface area contributed by atoms with Crippen molar-refractivity contribution >= 4 is 22.7 Å². The highest BCUT2D eigenvalue weighted by molar-refractivity contribution is 5.91. The fourth-order valence-electron chi connectivity index (χ4n) is 3.23. The first kappa shape index (κ1) is 20.0. The molecule has 0 amide bonds. The Balaban J connectivity index is 2.04. The molecule has 0 aliphatic rings. The molecule has 140 valence electrons. The van der Waals surface area contributed by atoms with E-state index in [1.54, 1.807) is 0 Å². The van der Waals surface area contributed by atoms with Gasteiger partial charge in [-0.25, -0.2) is 0 Å². The van der Waals surface area contributed by atoms with Gasteiger partial charge in [0, 0.05) is 6.42 Å². The number of unbranched alkanes of at least 4 members (excludes halogenated alkanes) is 2. The van der Waals surface area contributed by atoms with Gasteiger partial charge in [-0.3, -0.25) is 9.59 Å². The minimum absolute atomic E-state index is 0.150. The summed E-state index contributed by atoms with van der Waals surface area (Å²) in [5.74, 6) is -0.596. The Labute approximate surface area is 155 Å². The predicted molar refractivity (Wildman–Crippen MR) is 103 cm³/mol. The van der Waals surface area contributed by atoms with Crippen molar-refractivity contribution < 1.29 is 19.1 Å². The maximum absolute atomic E-state index is 12.5. The van der Waals surface area contributed by atoms with E-state index in [1.807, 2.05) is 38.1 Å². The van der Waals surface area contributed by atoms with Gasteiger partial charge in [0.2, 0.25) is 0 Å². The van der Waals surface area contributed by atoms with Gasteiger partial charge in [-0.2, -0.15) is 0 Å². The number of fused-ring (bicyclic) bond motifs is 1. The summed E-state index contributed by atoms with van der Waals surface area (Å²) in [4.78, 5) is 24.0. The first-order chi connectivity index (χ1) is 12.7. The lowest BCUT2D eigenvalue weighted by atomic mass is 9.89. The number of ether oxygens (including phenoxy) is 2. The van der Waals surface area contributed by atoms with Crippen LogP contribution in [0.5, 0.6) is 0 Å². The number of hydrogen-bond acceptors (Lipinski definition) is 4. The second-order valence-electron chi connectivity index (χ2n) is 6.28. The minimum atomic E-state index is -0.274. The van der Waals surface area contributed by atoms with E-state index in [1.165, 1.54) is 0 Å². The van der Waals surface area contributed by atoms with Crippen molar-refractivity contribution in [2.45, 2.75) is 51.9 Å². The Morgan fingerprint density at radius 3 is 2.38 bits per heavy atom. The molecule has 2 aromatic rings. The third-order valence-corrected chi connectivity index (χ3v) is 4.45. The summed E-state index contributed by atoms with van der Waals surface area (Å²) in [6.07, 6.45) is 3.69. The largest absolute Gasteiger partial charge is 0.466 e. The van der Waals surface area contributed by atoms with Gasteiger partial charge < -0.3 is 9.47 Å². The van der Waals surface area contributed by atoms with Gasteiger partial charge in [0.1, 0.15) is 0 Å². The fourth-order valence-corrected chi connectivity index (χ4v) is 3.23. The smallest absolute Gasteiger partial charge is 0.313 e. The lowest BCUT2D eigenvalue weighted by Crippen LogP contribution is -2.16. The Morgan fingerprint density at radius 1 is 0.885 bits per heavy atom. The molecule has 1 unspecified atom stereocenters. The van der Waals surface area contributed by atoms with E-state index in [-0.39, 0.29) is 17.9 Å². The van der Waals surface area contributed by atoms with Gasteiger partial charge >= 0.3 is 11.9 Å². The first-order valence-corrected chi connectivity index (χ1v) is 9.47. The zero-order chi connectivity index (χ0) is 18.8. The maximum atomic E-state index is 12.5. The number of carbonyl (C=O) groups is 2. The van der Waals surface area contributed by atoms with Crippen molar-refractivity contribution in [3.8, 4) is 0 Å². The molecule has 0 radical (unpaired) electrons. The molecule has 2 aromatic carbocycles. The van der Waals surface area contributed by atoms with Crippen LogP contribution in [0.25, 0.3) is 10.8 Å². The number of rotatable bonds is 10. The summed E-state index contributed by atoms with van der Waals surface area (Å²) in [7, 11) is 0. The fraction of sp³-hybridized carbons (Fsp3) is 0.455. The van der Waals surface area contributed by atoms with Gasteiger partial charge in [-0.05, 0) is 43.0 Å². The second kappa shape index (κ2) is 10.6. The second-order valence-corrected chi connectivity index (χ2v) is 6.28. The molecule has 0 spiro atoms. The average molecular weight is 356 g/mol. The summed E-state index contributed by atoms with van der Waals surface area (Å²) in [5.41, 5.74) is 1.02. The highest BCUT2D eigenvalue weighted by Gasteiger charge is 2.23. The molecule has 26 heavy (non-hydrogen) atoms. The summed E-state index contributed by atoms with van der Waals surface area (Å²) in [5, 5.41) is 2.22.